The van der Waals surface area contributed by atoms with Gasteiger partial charge >= 0.3 is 0 Å². The average Bonchev–Trinajstić information content (AvgIpc) is 3.02. The molecule has 21 heavy (non-hydrogen) atoms. The van der Waals surface area contributed by atoms with Crippen LogP contribution < -0.4 is 4.74 Å². The minimum atomic E-state index is -0.295. The normalized spacial score (nSPS) is 20.8. The molecule has 0 N–H and O–H groups in total. The summed E-state index contributed by atoms with van der Waals surface area (Å²) in [5.41, 5.74) is 0.998. The zero-order chi connectivity index (χ0) is 15.5. The minimum Gasteiger partial charge on any atom is -0.497 e. The monoisotopic (exact) mass is 334 g/mol. The van der Waals surface area contributed by atoms with E-state index >= 15 is 0 Å². The Morgan fingerprint density at radius 2 is 1.81 bits per heavy atom. The van der Waals surface area contributed by atoms with E-state index < -0.39 is 0 Å². The average molecular weight is 334 g/mol. The smallest absolute Gasteiger partial charge is 0.184 e. The third-order valence-electron chi connectivity index (χ3n) is 2.68. The quantitative estimate of drug-likeness (QED) is 0.740. The van der Waals surface area contributed by atoms with E-state index in [0.29, 0.717) is 13.2 Å². The van der Waals surface area contributed by atoms with Crippen molar-refractivity contribution < 1.29 is 22.6 Å². The first-order valence-corrected chi connectivity index (χ1v) is 8.68. The highest BCUT2D eigenvalue weighted by atomic mass is 32.2. The van der Waals surface area contributed by atoms with Crippen LogP contribution in [0.15, 0.2) is 24.3 Å². The highest BCUT2D eigenvalue weighted by molar-refractivity contribution is 7.94. The van der Waals surface area contributed by atoms with Crippen LogP contribution in [0.25, 0.3) is 0 Å². The second kappa shape index (κ2) is 11.2. The van der Waals surface area contributed by atoms with Gasteiger partial charge in [-0.1, -0.05) is 12.1 Å². The van der Waals surface area contributed by atoms with Gasteiger partial charge in [0.15, 0.2) is 6.29 Å². The molecule has 0 saturated carbocycles. The second-order valence-electron chi connectivity index (χ2n) is 3.98. The number of hydrogen-bond donors (Lipinski definition) is 0. The SMILES string of the molecule is COSC.COc1ccc(C2OCC(COSC)O2)cc1. The van der Waals surface area contributed by atoms with Crippen LogP contribution in [0, 0.1) is 0 Å². The molecule has 0 amide bonds. The van der Waals surface area contributed by atoms with Gasteiger partial charge in [-0.05, 0) is 36.2 Å². The largest absolute Gasteiger partial charge is 0.497 e. The lowest BCUT2D eigenvalue weighted by molar-refractivity contribution is -0.0650. The van der Waals surface area contributed by atoms with Crippen molar-refractivity contribution in [3.63, 3.8) is 0 Å². The van der Waals surface area contributed by atoms with Crippen molar-refractivity contribution in [3.05, 3.63) is 29.8 Å². The van der Waals surface area contributed by atoms with Crippen molar-refractivity contribution in [2.45, 2.75) is 12.4 Å². The van der Waals surface area contributed by atoms with E-state index in [9.17, 15) is 0 Å². The third-order valence-corrected chi connectivity index (χ3v) is 3.38. The molecule has 7 heteroatoms. The molecule has 0 aliphatic carbocycles. The van der Waals surface area contributed by atoms with Crippen molar-refractivity contribution in [1.82, 2.24) is 0 Å². The summed E-state index contributed by atoms with van der Waals surface area (Å²) in [6.45, 7) is 1.12. The molecular weight excluding hydrogens is 312 g/mol. The van der Waals surface area contributed by atoms with Crippen molar-refractivity contribution >= 4 is 24.1 Å². The first-order valence-electron chi connectivity index (χ1n) is 6.38. The Morgan fingerprint density at radius 1 is 1.14 bits per heavy atom. The van der Waals surface area contributed by atoms with Crippen LogP contribution >= 0.6 is 24.1 Å². The summed E-state index contributed by atoms with van der Waals surface area (Å²) in [6.07, 6.45) is 3.47. The highest BCUT2D eigenvalue weighted by Gasteiger charge is 2.27. The lowest BCUT2D eigenvalue weighted by atomic mass is 10.2. The van der Waals surface area contributed by atoms with E-state index in [2.05, 4.69) is 4.18 Å². The summed E-state index contributed by atoms with van der Waals surface area (Å²) in [5.74, 6) is 0.828. The Morgan fingerprint density at radius 3 is 2.33 bits per heavy atom. The molecule has 120 valence electrons. The van der Waals surface area contributed by atoms with E-state index in [1.54, 1.807) is 14.2 Å². The van der Waals surface area contributed by atoms with Gasteiger partial charge in [-0.2, -0.15) is 0 Å². The lowest BCUT2D eigenvalue weighted by Gasteiger charge is -2.11. The second-order valence-corrected chi connectivity index (χ2v) is 5.22. The molecule has 0 radical (unpaired) electrons. The zero-order valence-corrected chi connectivity index (χ0v) is 14.4. The molecular formula is C14H22O5S2. The standard InChI is InChI=1S/C12H16O4S.C2H6OS/c1-13-10-5-3-9(4-6-10)12-14-7-11(16-12)8-15-17-2;1-3-4-2/h3-6,11-12H,7-8H2,1-2H3;1-2H3. The molecule has 0 aromatic heterocycles. The number of ether oxygens (including phenoxy) is 3. The highest BCUT2D eigenvalue weighted by Crippen LogP contribution is 2.28. The van der Waals surface area contributed by atoms with E-state index in [-0.39, 0.29) is 12.4 Å². The van der Waals surface area contributed by atoms with E-state index in [0.717, 1.165) is 11.3 Å². The van der Waals surface area contributed by atoms with E-state index in [4.69, 9.17) is 18.4 Å². The van der Waals surface area contributed by atoms with Crippen molar-refractivity contribution in [2.24, 2.45) is 0 Å². The Labute approximate surface area is 135 Å². The molecule has 1 aliphatic heterocycles. The molecule has 1 saturated heterocycles. The summed E-state index contributed by atoms with van der Waals surface area (Å²) in [4.78, 5) is 0. The Balaban J connectivity index is 0.000000491. The van der Waals surface area contributed by atoms with Crippen LogP contribution in [0.4, 0.5) is 0 Å². The van der Waals surface area contributed by atoms with Gasteiger partial charge in [0, 0.05) is 18.1 Å². The maximum absolute atomic E-state index is 5.72. The zero-order valence-electron chi connectivity index (χ0n) is 12.7. The van der Waals surface area contributed by atoms with Crippen LogP contribution in [0.3, 0.4) is 0 Å². The van der Waals surface area contributed by atoms with Gasteiger partial charge in [0.2, 0.25) is 0 Å². The summed E-state index contributed by atoms with van der Waals surface area (Å²) in [5, 5.41) is 0. The van der Waals surface area contributed by atoms with Gasteiger partial charge in [-0.25, -0.2) is 0 Å². The van der Waals surface area contributed by atoms with E-state index in [1.807, 2.05) is 36.8 Å². The van der Waals surface area contributed by atoms with Crippen LogP contribution in [0.2, 0.25) is 0 Å². The van der Waals surface area contributed by atoms with Crippen LogP contribution in [0.1, 0.15) is 11.9 Å². The Bertz CT molecular complexity index is 372. The molecule has 1 aliphatic rings. The maximum atomic E-state index is 5.72. The minimum absolute atomic E-state index is 0.00884. The predicted octanol–water partition coefficient (Wildman–Crippen LogP) is 3.31. The first-order chi connectivity index (χ1) is 10.2. The van der Waals surface area contributed by atoms with Crippen LogP contribution in [-0.2, 0) is 17.8 Å². The Hall–Kier alpha value is -0.440. The topological polar surface area (TPSA) is 46.2 Å². The summed E-state index contributed by atoms with van der Waals surface area (Å²) >= 11 is 2.69. The van der Waals surface area contributed by atoms with Gasteiger partial charge in [-0.15, -0.1) is 0 Å². The van der Waals surface area contributed by atoms with Crippen molar-refractivity contribution in [3.8, 4) is 5.75 Å². The molecule has 1 aromatic carbocycles. The van der Waals surface area contributed by atoms with Crippen LogP contribution in [-0.4, -0.2) is 46.0 Å². The number of rotatable bonds is 6. The van der Waals surface area contributed by atoms with Crippen molar-refractivity contribution in [1.29, 1.82) is 0 Å². The molecule has 1 fully saturated rings. The molecule has 2 unspecified atom stereocenters. The van der Waals surface area contributed by atoms with Crippen LogP contribution in [0.5, 0.6) is 5.75 Å². The van der Waals surface area contributed by atoms with E-state index in [1.165, 1.54) is 24.1 Å². The molecule has 5 nitrogen and oxygen atoms in total. The van der Waals surface area contributed by atoms with Gasteiger partial charge in [0.25, 0.3) is 0 Å². The first kappa shape index (κ1) is 18.6. The fraction of sp³-hybridized carbons (Fsp3) is 0.571. The number of methoxy groups -OCH3 is 1. The molecule has 2 rings (SSSR count). The lowest BCUT2D eigenvalue weighted by Crippen LogP contribution is -2.15. The third kappa shape index (κ3) is 6.90. The van der Waals surface area contributed by atoms with Gasteiger partial charge in [0.1, 0.15) is 11.9 Å². The van der Waals surface area contributed by atoms with Gasteiger partial charge in [-0.3, -0.25) is 0 Å². The summed E-state index contributed by atoms with van der Waals surface area (Å²) in [7, 11) is 3.29. The molecule has 2 atom stereocenters. The Kier molecular flexibility index (Phi) is 9.90. The molecule has 1 heterocycles. The fourth-order valence-electron chi connectivity index (χ4n) is 1.62. The molecule has 0 spiro atoms. The molecule has 0 bridgehead atoms. The summed E-state index contributed by atoms with van der Waals surface area (Å²) in [6, 6.07) is 7.68. The van der Waals surface area contributed by atoms with Crippen molar-refractivity contribution in [2.75, 3.05) is 39.9 Å². The molecule has 1 aromatic rings. The number of hydrogen-bond acceptors (Lipinski definition) is 7. The maximum Gasteiger partial charge on any atom is 0.184 e. The van der Waals surface area contributed by atoms with Gasteiger partial charge in [0.05, 0.1) is 27.4 Å². The number of benzene rings is 1. The fourth-order valence-corrected chi connectivity index (χ4v) is 1.90. The predicted molar refractivity (Wildman–Crippen MR) is 86.6 cm³/mol. The van der Waals surface area contributed by atoms with Gasteiger partial charge < -0.3 is 22.6 Å². The summed E-state index contributed by atoms with van der Waals surface area (Å²) < 4.78 is 26.1.